The first-order valence-electron chi connectivity index (χ1n) is 24.6. The molecule has 0 radical (unpaired) electrons. The van der Waals surface area contributed by atoms with Gasteiger partial charge in [0.1, 0.15) is 11.2 Å². The molecule has 0 saturated carbocycles. The topological polar surface area (TPSA) is 18.1 Å². The van der Waals surface area contributed by atoms with Crippen molar-refractivity contribution in [1.29, 1.82) is 0 Å². The van der Waals surface area contributed by atoms with Gasteiger partial charge in [0.05, 0.1) is 26.3 Å². The Balaban J connectivity index is 1.30. The summed E-state index contributed by atoms with van der Waals surface area (Å²) in [6, 6.07) is 67.5. The summed E-state index contributed by atoms with van der Waals surface area (Å²) >= 11 is 0. The molecular formula is C60H41NOSi. The molecular weight excluding hydrogens is 779 g/mol. The number of benzene rings is 10. The van der Waals surface area contributed by atoms with E-state index in [-0.39, 0.29) is 57.6 Å². The average molecular weight is 827 g/mol. The number of nitrogens with zero attached hydrogens (tertiary/aromatic N) is 1. The van der Waals surface area contributed by atoms with Crippen LogP contribution < -0.4 is 20.7 Å². The van der Waals surface area contributed by atoms with Gasteiger partial charge < -0.3 is 8.98 Å². The molecule has 2 nitrogen and oxygen atoms in total. The molecule has 2 aromatic heterocycles. The molecule has 0 spiro atoms. The predicted octanol–water partition coefficient (Wildman–Crippen LogP) is 13.1. The van der Waals surface area contributed by atoms with Crippen molar-refractivity contribution in [3.8, 4) is 39.1 Å². The van der Waals surface area contributed by atoms with Crippen molar-refractivity contribution in [2.75, 3.05) is 0 Å². The summed E-state index contributed by atoms with van der Waals surface area (Å²) in [5.41, 5.74) is 5.90. The van der Waals surface area contributed by atoms with Gasteiger partial charge in [0, 0.05) is 32.7 Å². The van der Waals surface area contributed by atoms with Crippen LogP contribution >= 0.6 is 0 Å². The molecule has 0 aliphatic carbocycles. The molecule has 12 aromatic rings. The molecule has 0 unspecified atom stereocenters. The standard InChI is InChI=1S/C60H41NOSi/c1-6-21-42(22-7-1)52-40-48(63(45-25-10-3-11-26-45,46-27-12-4-13-28-46)47-29-14-5-15-30-47)41-53(43-23-8-2-9-24-43)60(52)61-55-34-18-16-31-50(55)54-39-44(37-38-56(54)61)49-33-20-36-58-59(49)51-32-17-19-35-57(51)62-58/h1-41H/i16D,18D,31D,34D,37D,38D,39D. The highest BCUT2D eigenvalue weighted by molar-refractivity contribution is 7.20. The first-order valence-corrected chi connectivity index (χ1v) is 23.1. The maximum Gasteiger partial charge on any atom is 0.179 e. The van der Waals surface area contributed by atoms with Crippen LogP contribution in [0.15, 0.2) is 253 Å². The minimum atomic E-state index is -3.23. The van der Waals surface area contributed by atoms with Crippen molar-refractivity contribution in [2.24, 2.45) is 0 Å². The van der Waals surface area contributed by atoms with Gasteiger partial charge in [-0.1, -0.05) is 218 Å². The Bertz CT molecular complexity index is 3850. The quantitative estimate of drug-likeness (QED) is 0.110. The number of rotatable bonds is 8. The minimum absolute atomic E-state index is 0.105. The summed E-state index contributed by atoms with van der Waals surface area (Å²) in [7, 11) is -3.23. The monoisotopic (exact) mass is 826 g/mol. The number of hydrogen-bond donors (Lipinski definition) is 0. The van der Waals surface area contributed by atoms with E-state index in [1.54, 1.807) is 4.57 Å². The van der Waals surface area contributed by atoms with Crippen LogP contribution in [0.1, 0.15) is 9.60 Å². The Kier molecular flexibility index (Phi) is 7.25. The van der Waals surface area contributed by atoms with E-state index in [0.29, 0.717) is 27.8 Å². The van der Waals surface area contributed by atoms with Crippen LogP contribution in [0.3, 0.4) is 0 Å². The third-order valence-electron chi connectivity index (χ3n) is 12.4. The molecule has 0 amide bonds. The Morgan fingerprint density at radius 3 is 1.49 bits per heavy atom. The van der Waals surface area contributed by atoms with Crippen molar-refractivity contribution in [1.82, 2.24) is 4.57 Å². The molecule has 3 heteroatoms. The lowest BCUT2D eigenvalue weighted by atomic mass is 9.95. The van der Waals surface area contributed by atoms with Crippen LogP contribution in [-0.2, 0) is 0 Å². The fourth-order valence-corrected chi connectivity index (χ4v) is 14.5. The van der Waals surface area contributed by atoms with Crippen LogP contribution in [0.4, 0.5) is 0 Å². The van der Waals surface area contributed by atoms with Gasteiger partial charge in [-0.3, -0.25) is 0 Å². The lowest BCUT2D eigenvalue weighted by Gasteiger charge is -2.36. The molecule has 0 atom stereocenters. The third-order valence-corrected chi connectivity index (χ3v) is 17.1. The van der Waals surface area contributed by atoms with Gasteiger partial charge in [-0.25, -0.2) is 0 Å². The second-order valence-electron chi connectivity index (χ2n) is 15.8. The molecule has 0 aliphatic rings. The van der Waals surface area contributed by atoms with Crippen molar-refractivity contribution in [3.05, 3.63) is 249 Å². The summed E-state index contributed by atoms with van der Waals surface area (Å²) in [6.07, 6.45) is 0. The van der Waals surface area contributed by atoms with E-state index in [2.05, 4.69) is 84.9 Å². The van der Waals surface area contributed by atoms with E-state index in [1.165, 1.54) is 15.6 Å². The van der Waals surface area contributed by atoms with Gasteiger partial charge in [-0.15, -0.1) is 0 Å². The molecule has 12 rings (SSSR count). The van der Waals surface area contributed by atoms with Gasteiger partial charge in [0.15, 0.2) is 8.07 Å². The van der Waals surface area contributed by atoms with Gasteiger partial charge in [0.25, 0.3) is 0 Å². The van der Waals surface area contributed by atoms with Crippen molar-refractivity contribution >= 4 is 72.6 Å². The maximum absolute atomic E-state index is 10.2. The Labute approximate surface area is 377 Å². The highest BCUT2D eigenvalue weighted by Gasteiger charge is 2.42. The lowest BCUT2D eigenvalue weighted by Crippen LogP contribution is -2.74. The average Bonchev–Trinajstić information content (AvgIpc) is 3.98. The Hall–Kier alpha value is -7.98. The van der Waals surface area contributed by atoms with Crippen LogP contribution in [0.5, 0.6) is 0 Å². The lowest BCUT2D eigenvalue weighted by molar-refractivity contribution is 0.669. The summed E-state index contributed by atoms with van der Waals surface area (Å²) in [6.45, 7) is 0. The highest BCUT2D eigenvalue weighted by atomic mass is 28.3. The van der Waals surface area contributed by atoms with E-state index in [9.17, 15) is 6.85 Å². The van der Waals surface area contributed by atoms with Gasteiger partial charge in [-0.05, 0) is 73.3 Å². The van der Waals surface area contributed by atoms with Gasteiger partial charge in [-0.2, -0.15) is 0 Å². The van der Waals surface area contributed by atoms with E-state index in [1.807, 2.05) is 121 Å². The molecule has 296 valence electrons. The fourth-order valence-electron chi connectivity index (χ4n) is 9.69. The number of aromatic nitrogens is 1. The summed E-state index contributed by atoms with van der Waals surface area (Å²) in [5, 5.41) is 6.33. The second kappa shape index (κ2) is 15.2. The molecule has 63 heavy (non-hydrogen) atoms. The molecule has 0 N–H and O–H groups in total. The predicted molar refractivity (Wildman–Crippen MR) is 268 cm³/mol. The molecule has 0 fully saturated rings. The van der Waals surface area contributed by atoms with Crippen LogP contribution in [0.25, 0.3) is 82.8 Å². The summed E-state index contributed by atoms with van der Waals surface area (Å²) in [4.78, 5) is 0. The normalized spacial score (nSPS) is 13.4. The third kappa shape index (κ3) is 5.93. The summed E-state index contributed by atoms with van der Waals surface area (Å²) in [5.74, 6) is 0. The molecule has 2 heterocycles. The van der Waals surface area contributed by atoms with Crippen LogP contribution in [0.2, 0.25) is 0 Å². The van der Waals surface area contributed by atoms with E-state index in [0.717, 1.165) is 32.8 Å². The zero-order valence-electron chi connectivity index (χ0n) is 41.0. The van der Waals surface area contributed by atoms with E-state index in [4.69, 9.17) is 7.16 Å². The largest absolute Gasteiger partial charge is 0.456 e. The van der Waals surface area contributed by atoms with Crippen LogP contribution in [-0.4, -0.2) is 12.6 Å². The summed E-state index contributed by atoms with van der Waals surface area (Å²) < 4.78 is 76.0. The number of hydrogen-bond acceptors (Lipinski definition) is 1. The fraction of sp³-hybridized carbons (Fsp3) is 0. The van der Waals surface area contributed by atoms with Gasteiger partial charge in [0.2, 0.25) is 0 Å². The smallest absolute Gasteiger partial charge is 0.179 e. The van der Waals surface area contributed by atoms with Crippen molar-refractivity contribution in [3.63, 3.8) is 0 Å². The molecule has 0 saturated heterocycles. The number of para-hydroxylation sites is 2. The van der Waals surface area contributed by atoms with Crippen LogP contribution in [0, 0.1) is 0 Å². The zero-order valence-corrected chi connectivity index (χ0v) is 35.0. The molecule has 10 aromatic carbocycles. The molecule has 0 bridgehead atoms. The second-order valence-corrected chi connectivity index (χ2v) is 19.6. The minimum Gasteiger partial charge on any atom is -0.456 e. The van der Waals surface area contributed by atoms with E-state index < -0.39 is 20.2 Å². The highest BCUT2D eigenvalue weighted by Crippen LogP contribution is 2.43. The zero-order chi connectivity index (χ0) is 47.8. The van der Waals surface area contributed by atoms with E-state index >= 15 is 0 Å². The number of fused-ring (bicyclic) bond motifs is 6. The first-order chi connectivity index (χ1) is 34.2. The van der Waals surface area contributed by atoms with Gasteiger partial charge >= 0.3 is 0 Å². The maximum atomic E-state index is 10.2. The number of furan rings is 1. The Morgan fingerprint density at radius 2 is 0.889 bits per heavy atom. The molecule has 0 aliphatic heterocycles. The first kappa shape index (κ1) is 30.1. The van der Waals surface area contributed by atoms with Crippen molar-refractivity contribution in [2.45, 2.75) is 0 Å². The Morgan fingerprint density at radius 1 is 0.381 bits per heavy atom. The van der Waals surface area contributed by atoms with Crippen molar-refractivity contribution < 1.29 is 14.0 Å². The SMILES string of the molecule is [2H]c1c([2H])c([2H])c2c(c1[2H])c1c([2H])c(-c3cccc4oc5ccccc5c34)c([2H])c([2H])c1n2-c1c(-c2ccccc2)cc([Si](c2ccccc2)(c2ccccc2)c2ccccc2)cc1-c1ccccc1.